The van der Waals surface area contributed by atoms with Gasteiger partial charge in [-0.05, 0) is 13.8 Å². The van der Waals surface area contributed by atoms with Crippen LogP contribution in [0.3, 0.4) is 0 Å². The molecule has 0 aliphatic heterocycles. The number of carbonyl (C=O) groups is 1. The Balaban J connectivity index is 2.23. The number of rotatable bonds is 5. The molecular weight excluding hydrogens is 278 g/mol. The molecule has 9 heteroatoms. The van der Waals surface area contributed by atoms with Crippen molar-refractivity contribution in [1.82, 2.24) is 9.97 Å². The normalized spacial score (nSPS) is 10.4. The maximum Gasteiger partial charge on any atom is 0.288 e. The van der Waals surface area contributed by atoms with Crippen LogP contribution >= 0.6 is 0 Å². The SMILES string of the molecule is Cc1nc(CNc2ncc([N+](=O)[O-])cc2C(N)=O)oc1C. The van der Waals surface area contributed by atoms with Crippen LogP contribution < -0.4 is 11.1 Å². The Kier molecular flexibility index (Phi) is 3.83. The first kappa shape index (κ1) is 14.4. The molecule has 0 unspecified atom stereocenters. The molecule has 2 aromatic rings. The van der Waals surface area contributed by atoms with Gasteiger partial charge in [0, 0.05) is 6.07 Å². The standard InChI is InChI=1S/C12H13N5O4/c1-6-7(2)21-10(16-6)5-15-12-9(11(13)18)3-8(4-14-12)17(19)20/h3-4H,5H2,1-2H3,(H2,13,18)(H,14,15). The molecule has 0 atom stereocenters. The summed E-state index contributed by atoms with van der Waals surface area (Å²) < 4.78 is 5.37. The number of nitro groups is 1. The Labute approximate surface area is 119 Å². The first-order valence-corrected chi connectivity index (χ1v) is 5.99. The zero-order valence-electron chi connectivity index (χ0n) is 11.4. The number of carbonyl (C=O) groups excluding carboxylic acids is 1. The summed E-state index contributed by atoms with van der Waals surface area (Å²) in [7, 11) is 0. The zero-order valence-corrected chi connectivity index (χ0v) is 11.4. The molecule has 2 rings (SSSR count). The maximum absolute atomic E-state index is 11.3. The average molecular weight is 291 g/mol. The third-order valence-corrected chi connectivity index (χ3v) is 2.83. The third kappa shape index (κ3) is 3.14. The van der Waals surface area contributed by atoms with Crippen molar-refractivity contribution in [2.24, 2.45) is 5.73 Å². The zero-order chi connectivity index (χ0) is 15.6. The molecule has 0 fully saturated rings. The fourth-order valence-corrected chi connectivity index (χ4v) is 1.66. The number of aromatic nitrogens is 2. The minimum absolute atomic E-state index is 0.0656. The molecule has 2 heterocycles. The van der Waals surface area contributed by atoms with E-state index in [0.717, 1.165) is 18.0 Å². The van der Waals surface area contributed by atoms with Crippen molar-refractivity contribution in [3.63, 3.8) is 0 Å². The molecule has 0 aliphatic rings. The molecule has 1 amide bonds. The van der Waals surface area contributed by atoms with Crippen molar-refractivity contribution in [1.29, 1.82) is 0 Å². The Hall–Kier alpha value is -2.97. The summed E-state index contributed by atoms with van der Waals surface area (Å²) in [6, 6.07) is 1.07. The maximum atomic E-state index is 11.3. The van der Waals surface area contributed by atoms with Gasteiger partial charge >= 0.3 is 0 Å². The number of nitrogens with two attached hydrogens (primary N) is 1. The third-order valence-electron chi connectivity index (χ3n) is 2.83. The van der Waals surface area contributed by atoms with E-state index in [9.17, 15) is 14.9 Å². The van der Waals surface area contributed by atoms with Gasteiger partial charge in [0.15, 0.2) is 0 Å². The highest BCUT2D eigenvalue weighted by Crippen LogP contribution is 2.19. The molecule has 0 aromatic carbocycles. The van der Waals surface area contributed by atoms with Crippen LogP contribution in [0.2, 0.25) is 0 Å². The fourth-order valence-electron chi connectivity index (χ4n) is 1.66. The van der Waals surface area contributed by atoms with E-state index in [4.69, 9.17) is 10.2 Å². The lowest BCUT2D eigenvalue weighted by Gasteiger charge is -2.06. The minimum atomic E-state index is -0.812. The summed E-state index contributed by atoms with van der Waals surface area (Å²) in [4.78, 5) is 29.4. The predicted molar refractivity (Wildman–Crippen MR) is 72.7 cm³/mol. The highest BCUT2D eigenvalue weighted by molar-refractivity contribution is 5.98. The number of primary amides is 1. The van der Waals surface area contributed by atoms with Gasteiger partial charge in [-0.15, -0.1) is 0 Å². The summed E-state index contributed by atoms with van der Waals surface area (Å²) in [6.45, 7) is 3.77. The quantitative estimate of drug-likeness (QED) is 0.625. The molecule has 0 saturated carbocycles. The van der Waals surface area contributed by atoms with E-state index in [-0.39, 0.29) is 23.6 Å². The van der Waals surface area contributed by atoms with E-state index in [0.29, 0.717) is 11.7 Å². The average Bonchev–Trinajstić information content (AvgIpc) is 2.75. The van der Waals surface area contributed by atoms with Crippen LogP contribution in [0.4, 0.5) is 11.5 Å². The highest BCUT2D eigenvalue weighted by Gasteiger charge is 2.16. The Morgan fingerprint density at radius 1 is 1.52 bits per heavy atom. The van der Waals surface area contributed by atoms with Crippen molar-refractivity contribution < 1.29 is 14.1 Å². The Morgan fingerprint density at radius 3 is 2.76 bits per heavy atom. The summed E-state index contributed by atoms with van der Waals surface area (Å²) in [5.74, 6) is 0.439. The van der Waals surface area contributed by atoms with Crippen molar-refractivity contribution in [2.45, 2.75) is 20.4 Å². The number of hydrogen-bond donors (Lipinski definition) is 2. The summed E-state index contributed by atoms with van der Waals surface area (Å²) in [6.07, 6.45) is 1.04. The smallest absolute Gasteiger partial charge is 0.288 e. The van der Waals surface area contributed by atoms with Gasteiger partial charge in [0.1, 0.15) is 17.8 Å². The van der Waals surface area contributed by atoms with E-state index in [1.165, 1.54) is 0 Å². The minimum Gasteiger partial charge on any atom is -0.444 e. The van der Waals surface area contributed by atoms with Crippen molar-refractivity contribution in [3.8, 4) is 0 Å². The van der Waals surface area contributed by atoms with Gasteiger partial charge in [-0.3, -0.25) is 14.9 Å². The van der Waals surface area contributed by atoms with Gasteiger partial charge in [-0.1, -0.05) is 0 Å². The molecule has 0 aliphatic carbocycles. The molecule has 3 N–H and O–H groups in total. The van der Waals surface area contributed by atoms with E-state index >= 15 is 0 Å². The van der Waals surface area contributed by atoms with Crippen LogP contribution in [0.25, 0.3) is 0 Å². The number of anilines is 1. The van der Waals surface area contributed by atoms with Crippen LogP contribution in [-0.2, 0) is 6.54 Å². The van der Waals surface area contributed by atoms with E-state index in [1.807, 2.05) is 0 Å². The van der Waals surface area contributed by atoms with Gasteiger partial charge in [0.05, 0.1) is 22.7 Å². The van der Waals surface area contributed by atoms with Gasteiger partial charge in [0.2, 0.25) is 5.89 Å². The molecule has 110 valence electrons. The van der Waals surface area contributed by atoms with Gasteiger partial charge in [-0.25, -0.2) is 9.97 Å². The Bertz CT molecular complexity index is 690. The lowest BCUT2D eigenvalue weighted by molar-refractivity contribution is -0.385. The van der Waals surface area contributed by atoms with Crippen LogP contribution in [0.1, 0.15) is 27.7 Å². The number of oxazole rings is 1. The topological polar surface area (TPSA) is 137 Å². The lowest BCUT2D eigenvalue weighted by Crippen LogP contribution is -2.16. The molecule has 2 aromatic heterocycles. The first-order valence-electron chi connectivity index (χ1n) is 5.99. The predicted octanol–water partition coefficient (Wildman–Crippen LogP) is 1.31. The summed E-state index contributed by atoms with van der Waals surface area (Å²) in [5.41, 5.74) is 5.59. The first-order chi connectivity index (χ1) is 9.88. The highest BCUT2D eigenvalue weighted by atomic mass is 16.6. The number of hydrogen-bond acceptors (Lipinski definition) is 7. The van der Waals surface area contributed by atoms with E-state index in [1.54, 1.807) is 13.8 Å². The largest absolute Gasteiger partial charge is 0.444 e. The number of aryl methyl sites for hydroxylation is 2. The van der Waals surface area contributed by atoms with Crippen molar-refractivity contribution in [2.75, 3.05) is 5.32 Å². The molecule has 21 heavy (non-hydrogen) atoms. The second kappa shape index (κ2) is 5.57. The van der Waals surface area contributed by atoms with Gasteiger partial charge in [0.25, 0.3) is 11.6 Å². The summed E-state index contributed by atoms with van der Waals surface area (Å²) in [5, 5.41) is 13.5. The lowest BCUT2D eigenvalue weighted by atomic mass is 10.2. The molecule has 0 saturated heterocycles. The molecule has 9 nitrogen and oxygen atoms in total. The number of nitrogens with one attached hydrogen (secondary N) is 1. The van der Waals surface area contributed by atoms with Crippen LogP contribution in [0, 0.1) is 24.0 Å². The molecule has 0 radical (unpaired) electrons. The van der Waals surface area contributed by atoms with Crippen molar-refractivity contribution >= 4 is 17.4 Å². The molecular formula is C12H13N5O4. The second-order valence-corrected chi connectivity index (χ2v) is 4.31. The van der Waals surface area contributed by atoms with E-state index in [2.05, 4.69) is 15.3 Å². The number of nitrogens with zero attached hydrogens (tertiary/aromatic N) is 3. The van der Waals surface area contributed by atoms with Crippen LogP contribution in [0.5, 0.6) is 0 Å². The fraction of sp³-hybridized carbons (Fsp3) is 0.250. The number of pyridine rings is 1. The van der Waals surface area contributed by atoms with Crippen LogP contribution in [0.15, 0.2) is 16.7 Å². The molecule has 0 bridgehead atoms. The monoisotopic (exact) mass is 291 g/mol. The summed E-state index contributed by atoms with van der Waals surface area (Å²) >= 11 is 0. The van der Waals surface area contributed by atoms with Crippen molar-refractivity contribution in [3.05, 3.63) is 45.3 Å². The second-order valence-electron chi connectivity index (χ2n) is 4.31. The van der Waals surface area contributed by atoms with Gasteiger partial charge in [-0.2, -0.15) is 0 Å². The van der Waals surface area contributed by atoms with Gasteiger partial charge < -0.3 is 15.5 Å². The Morgan fingerprint density at radius 2 is 2.24 bits per heavy atom. The van der Waals surface area contributed by atoms with Crippen LogP contribution in [-0.4, -0.2) is 20.8 Å². The molecule has 0 spiro atoms. The number of amides is 1. The van der Waals surface area contributed by atoms with E-state index < -0.39 is 10.8 Å².